The average molecular weight is 414 g/mol. The van der Waals surface area contributed by atoms with Crippen molar-refractivity contribution in [3.05, 3.63) is 35.4 Å². The molecule has 7 heteroatoms. The fourth-order valence-corrected chi connectivity index (χ4v) is 5.18. The molecular weight excluding hydrogens is 388 g/mol. The van der Waals surface area contributed by atoms with E-state index in [0.717, 1.165) is 41.9 Å². The Kier molecular flexibility index (Phi) is 4.58. The molecule has 1 fully saturated rings. The molecule has 3 aliphatic rings. The van der Waals surface area contributed by atoms with E-state index < -0.39 is 5.79 Å². The Morgan fingerprint density at radius 1 is 0.867 bits per heavy atom. The first-order valence-electron chi connectivity index (χ1n) is 10.1. The molecular formula is C23H26O7. The molecule has 1 unspecified atom stereocenters. The zero-order valence-corrected chi connectivity index (χ0v) is 17.7. The number of benzene rings is 2. The van der Waals surface area contributed by atoms with E-state index in [1.807, 2.05) is 24.3 Å². The Balaban J connectivity index is 1.72. The van der Waals surface area contributed by atoms with Gasteiger partial charge >= 0.3 is 0 Å². The molecule has 2 aliphatic heterocycles. The SMILES string of the molecule is COc1cc([C@@H]2c3cc4c(cc3OC3(OC)CCC[C@@H]23)OCO4)cc(OC)c1OC. The Hall–Kier alpha value is -2.80. The molecule has 0 radical (unpaired) electrons. The number of rotatable bonds is 5. The second-order valence-electron chi connectivity index (χ2n) is 7.80. The molecule has 0 N–H and O–H groups in total. The van der Waals surface area contributed by atoms with E-state index in [1.165, 1.54) is 0 Å². The van der Waals surface area contributed by atoms with Crippen LogP contribution in [0.5, 0.6) is 34.5 Å². The summed E-state index contributed by atoms with van der Waals surface area (Å²) in [6, 6.07) is 7.98. The molecule has 3 atom stereocenters. The zero-order chi connectivity index (χ0) is 20.9. The molecule has 0 saturated heterocycles. The molecule has 2 aromatic carbocycles. The fraction of sp³-hybridized carbons (Fsp3) is 0.478. The largest absolute Gasteiger partial charge is 0.493 e. The summed E-state index contributed by atoms with van der Waals surface area (Å²) in [6.45, 7) is 0.214. The lowest BCUT2D eigenvalue weighted by atomic mass is 9.75. The van der Waals surface area contributed by atoms with Gasteiger partial charge in [0, 0.05) is 37.0 Å². The molecule has 0 bridgehead atoms. The average Bonchev–Trinajstić information content (AvgIpc) is 3.41. The molecule has 1 saturated carbocycles. The minimum absolute atomic E-state index is 0.0133. The summed E-state index contributed by atoms with van der Waals surface area (Å²) >= 11 is 0. The number of fused-ring (bicyclic) bond motifs is 3. The van der Waals surface area contributed by atoms with Crippen molar-refractivity contribution in [3.63, 3.8) is 0 Å². The number of hydrogen-bond acceptors (Lipinski definition) is 7. The molecule has 7 nitrogen and oxygen atoms in total. The lowest BCUT2D eigenvalue weighted by Gasteiger charge is -2.44. The molecule has 0 amide bonds. The minimum Gasteiger partial charge on any atom is -0.493 e. The van der Waals surface area contributed by atoms with Crippen LogP contribution in [-0.4, -0.2) is 41.0 Å². The maximum Gasteiger partial charge on any atom is 0.231 e. The third-order valence-electron chi connectivity index (χ3n) is 6.52. The van der Waals surface area contributed by atoms with E-state index in [1.54, 1.807) is 28.4 Å². The predicted octanol–water partition coefficient (Wildman–Crippen LogP) is 4.11. The van der Waals surface area contributed by atoms with Gasteiger partial charge in [0.05, 0.1) is 21.3 Å². The Morgan fingerprint density at radius 2 is 1.57 bits per heavy atom. The molecule has 2 aromatic rings. The van der Waals surface area contributed by atoms with Crippen LogP contribution in [0.15, 0.2) is 24.3 Å². The highest BCUT2D eigenvalue weighted by Crippen LogP contribution is 2.58. The van der Waals surface area contributed by atoms with Crippen molar-refractivity contribution < 1.29 is 33.2 Å². The molecule has 2 heterocycles. The van der Waals surface area contributed by atoms with Gasteiger partial charge in [0.25, 0.3) is 0 Å². The smallest absolute Gasteiger partial charge is 0.231 e. The van der Waals surface area contributed by atoms with Crippen molar-refractivity contribution in [2.45, 2.75) is 31.0 Å². The molecule has 160 valence electrons. The monoisotopic (exact) mass is 414 g/mol. The summed E-state index contributed by atoms with van der Waals surface area (Å²) in [4.78, 5) is 0. The number of hydrogen-bond donors (Lipinski definition) is 0. The third kappa shape index (κ3) is 2.68. The number of ether oxygens (including phenoxy) is 7. The molecule has 5 rings (SSSR count). The maximum absolute atomic E-state index is 6.48. The summed E-state index contributed by atoms with van der Waals surface area (Å²) in [5.41, 5.74) is 2.11. The van der Waals surface area contributed by atoms with Gasteiger partial charge in [0.2, 0.25) is 18.3 Å². The van der Waals surface area contributed by atoms with E-state index in [-0.39, 0.29) is 18.6 Å². The van der Waals surface area contributed by atoms with E-state index in [0.29, 0.717) is 23.0 Å². The van der Waals surface area contributed by atoms with Crippen molar-refractivity contribution in [1.29, 1.82) is 0 Å². The van der Waals surface area contributed by atoms with Crippen LogP contribution in [0.2, 0.25) is 0 Å². The van der Waals surface area contributed by atoms with Crippen LogP contribution < -0.4 is 28.4 Å². The Bertz CT molecular complexity index is 947. The van der Waals surface area contributed by atoms with Gasteiger partial charge in [-0.05, 0) is 36.6 Å². The highest BCUT2D eigenvalue weighted by Gasteiger charge is 2.54. The van der Waals surface area contributed by atoms with Crippen molar-refractivity contribution in [3.8, 4) is 34.5 Å². The first-order chi connectivity index (χ1) is 14.6. The highest BCUT2D eigenvalue weighted by molar-refractivity contribution is 5.60. The summed E-state index contributed by atoms with van der Waals surface area (Å²) < 4.78 is 40.5. The van der Waals surface area contributed by atoms with E-state index >= 15 is 0 Å². The first-order valence-corrected chi connectivity index (χ1v) is 10.1. The normalized spacial score (nSPS) is 25.9. The third-order valence-corrected chi connectivity index (χ3v) is 6.52. The van der Waals surface area contributed by atoms with Crippen LogP contribution >= 0.6 is 0 Å². The molecule has 1 aliphatic carbocycles. The molecule has 0 aromatic heterocycles. The highest BCUT2D eigenvalue weighted by atomic mass is 16.7. The quantitative estimate of drug-likeness (QED) is 0.730. The first kappa shape index (κ1) is 19.2. The second-order valence-corrected chi connectivity index (χ2v) is 7.80. The van der Waals surface area contributed by atoms with Gasteiger partial charge < -0.3 is 33.2 Å². The predicted molar refractivity (Wildman–Crippen MR) is 108 cm³/mol. The lowest BCUT2D eigenvalue weighted by Crippen LogP contribution is -2.47. The van der Waals surface area contributed by atoms with Gasteiger partial charge in [-0.25, -0.2) is 0 Å². The second kappa shape index (κ2) is 7.16. The maximum atomic E-state index is 6.48. The van der Waals surface area contributed by atoms with Crippen LogP contribution in [0.1, 0.15) is 36.3 Å². The summed E-state index contributed by atoms with van der Waals surface area (Å²) in [7, 11) is 6.60. The van der Waals surface area contributed by atoms with Crippen molar-refractivity contribution in [2.24, 2.45) is 5.92 Å². The standard InChI is InChI=1S/C23H26O7/c1-24-19-8-13(9-20(25-2)22(19)26-3)21-14-10-17-18(29-12-28-17)11-16(14)30-23(27-4)7-5-6-15(21)23/h8-11,15,21H,5-7,12H2,1-4H3/t15-,21+,23?/m0/s1. The van der Waals surface area contributed by atoms with Crippen molar-refractivity contribution >= 4 is 0 Å². The van der Waals surface area contributed by atoms with E-state index in [2.05, 4.69) is 0 Å². The lowest BCUT2D eigenvalue weighted by molar-refractivity contribution is -0.198. The minimum atomic E-state index is -0.675. The van der Waals surface area contributed by atoms with Gasteiger partial charge in [0.1, 0.15) is 5.75 Å². The zero-order valence-electron chi connectivity index (χ0n) is 17.7. The van der Waals surface area contributed by atoms with Crippen LogP contribution in [0.3, 0.4) is 0 Å². The van der Waals surface area contributed by atoms with Crippen molar-refractivity contribution in [1.82, 2.24) is 0 Å². The molecule has 30 heavy (non-hydrogen) atoms. The summed E-state index contributed by atoms with van der Waals surface area (Å²) in [5, 5.41) is 0. The van der Waals surface area contributed by atoms with Gasteiger partial charge in [-0.2, -0.15) is 0 Å². The van der Waals surface area contributed by atoms with Gasteiger partial charge in [-0.15, -0.1) is 0 Å². The summed E-state index contributed by atoms with van der Waals surface area (Å²) in [6.07, 6.45) is 2.85. The van der Waals surface area contributed by atoms with Gasteiger partial charge in [-0.3, -0.25) is 0 Å². The topological polar surface area (TPSA) is 64.6 Å². The fourth-order valence-electron chi connectivity index (χ4n) is 5.18. The number of methoxy groups -OCH3 is 4. The molecule has 0 spiro atoms. The van der Waals surface area contributed by atoms with Gasteiger partial charge in [-0.1, -0.05) is 0 Å². The van der Waals surface area contributed by atoms with E-state index in [9.17, 15) is 0 Å². The van der Waals surface area contributed by atoms with Crippen LogP contribution in [-0.2, 0) is 4.74 Å². The van der Waals surface area contributed by atoms with Crippen LogP contribution in [0, 0.1) is 5.92 Å². The van der Waals surface area contributed by atoms with Gasteiger partial charge in [0.15, 0.2) is 23.0 Å². The van der Waals surface area contributed by atoms with E-state index in [4.69, 9.17) is 33.2 Å². The van der Waals surface area contributed by atoms with Crippen LogP contribution in [0.25, 0.3) is 0 Å². The Labute approximate surface area is 175 Å². The Morgan fingerprint density at radius 3 is 2.20 bits per heavy atom. The summed E-state index contributed by atoms with van der Waals surface area (Å²) in [5.74, 6) is 3.49. The van der Waals surface area contributed by atoms with Crippen LogP contribution in [0.4, 0.5) is 0 Å². The van der Waals surface area contributed by atoms with Crippen molar-refractivity contribution in [2.75, 3.05) is 35.2 Å².